The van der Waals surface area contributed by atoms with Crippen molar-refractivity contribution in [1.29, 1.82) is 0 Å². The van der Waals surface area contributed by atoms with E-state index in [9.17, 15) is 13.2 Å². The van der Waals surface area contributed by atoms with Crippen LogP contribution >= 0.6 is 0 Å². The molecule has 1 saturated carbocycles. The zero-order valence-corrected chi connectivity index (χ0v) is 12.4. The minimum absolute atomic E-state index is 0.319. The molecule has 0 aromatic carbocycles. The molecule has 0 bridgehead atoms. The number of aromatic nitrogens is 1. The molecule has 0 amide bonds. The van der Waals surface area contributed by atoms with Gasteiger partial charge in [-0.3, -0.25) is 4.99 Å². The maximum Gasteiger partial charge on any atom is 0.433 e. The molecule has 0 saturated heterocycles. The van der Waals surface area contributed by atoms with Crippen molar-refractivity contribution in [1.82, 2.24) is 10.3 Å². The van der Waals surface area contributed by atoms with Gasteiger partial charge in [0.05, 0.1) is 0 Å². The molecule has 22 heavy (non-hydrogen) atoms. The molecule has 1 aliphatic rings. The number of nitrogens with zero attached hydrogens (tertiary/aromatic N) is 2. The van der Waals surface area contributed by atoms with E-state index in [-0.39, 0.29) is 0 Å². The van der Waals surface area contributed by atoms with Gasteiger partial charge in [0.1, 0.15) is 5.69 Å². The second kappa shape index (κ2) is 7.47. The smallest absolute Gasteiger partial charge is 0.370 e. The lowest BCUT2D eigenvalue weighted by molar-refractivity contribution is -0.141. The number of nitrogens with one attached hydrogen (secondary N) is 1. The van der Waals surface area contributed by atoms with Crippen LogP contribution in [0.15, 0.2) is 23.2 Å². The van der Waals surface area contributed by atoms with Crippen molar-refractivity contribution in [2.75, 3.05) is 6.54 Å². The highest BCUT2D eigenvalue weighted by molar-refractivity contribution is 5.78. The first-order valence-electron chi connectivity index (χ1n) is 7.55. The molecule has 122 valence electrons. The Balaban J connectivity index is 1.83. The molecule has 2 rings (SSSR count). The lowest BCUT2D eigenvalue weighted by Crippen LogP contribution is -2.41. The van der Waals surface area contributed by atoms with Gasteiger partial charge < -0.3 is 11.1 Å². The van der Waals surface area contributed by atoms with Crippen LogP contribution in [0.5, 0.6) is 0 Å². The van der Waals surface area contributed by atoms with Crippen molar-refractivity contribution >= 4 is 5.96 Å². The fourth-order valence-electron chi connectivity index (χ4n) is 2.57. The van der Waals surface area contributed by atoms with E-state index in [2.05, 4.69) is 15.3 Å². The van der Waals surface area contributed by atoms with E-state index >= 15 is 0 Å². The number of aliphatic imine (C=N–C) groups is 1. The molecule has 1 aliphatic carbocycles. The Morgan fingerprint density at radius 3 is 2.68 bits per heavy atom. The maximum atomic E-state index is 12.6. The Morgan fingerprint density at radius 1 is 1.27 bits per heavy atom. The zero-order chi connectivity index (χ0) is 16.0. The van der Waals surface area contributed by atoms with Gasteiger partial charge in [0.25, 0.3) is 0 Å². The van der Waals surface area contributed by atoms with Crippen molar-refractivity contribution in [2.45, 2.75) is 50.7 Å². The lowest BCUT2D eigenvalue weighted by atomic mass is 9.96. The predicted molar refractivity (Wildman–Crippen MR) is 79.4 cm³/mol. The molecule has 3 N–H and O–H groups in total. The number of guanidine groups is 1. The molecule has 7 heteroatoms. The van der Waals surface area contributed by atoms with Crippen LogP contribution in [0.4, 0.5) is 13.2 Å². The molecule has 0 aliphatic heterocycles. The van der Waals surface area contributed by atoms with Crippen molar-refractivity contribution in [3.63, 3.8) is 0 Å². The third kappa shape index (κ3) is 5.20. The molecule has 4 nitrogen and oxygen atoms in total. The van der Waals surface area contributed by atoms with Gasteiger partial charge in [-0.15, -0.1) is 0 Å². The van der Waals surface area contributed by atoms with E-state index in [0.717, 1.165) is 18.9 Å². The van der Waals surface area contributed by atoms with Gasteiger partial charge in [0.2, 0.25) is 0 Å². The standard InChI is InChI=1S/C15H21F3N4/c16-15(17,18)13-8-4-7-12(21-13)9-10-20-14(19)22-11-5-2-1-3-6-11/h4,7-8,11H,1-3,5-6,9-10H2,(H3,19,20,22). The van der Waals surface area contributed by atoms with Gasteiger partial charge >= 0.3 is 6.18 Å². The van der Waals surface area contributed by atoms with Crippen molar-refractivity contribution in [3.8, 4) is 0 Å². The van der Waals surface area contributed by atoms with Crippen LogP contribution in [0.25, 0.3) is 0 Å². The van der Waals surface area contributed by atoms with Gasteiger partial charge in [-0.25, -0.2) is 4.98 Å². The molecule has 0 radical (unpaired) electrons. The summed E-state index contributed by atoms with van der Waals surface area (Å²) in [5.41, 5.74) is 5.30. The summed E-state index contributed by atoms with van der Waals surface area (Å²) in [6.45, 7) is 0.319. The maximum absolute atomic E-state index is 12.6. The summed E-state index contributed by atoms with van der Waals surface area (Å²) in [4.78, 5) is 7.77. The molecule has 1 fully saturated rings. The number of pyridine rings is 1. The van der Waals surface area contributed by atoms with Gasteiger partial charge in [0.15, 0.2) is 5.96 Å². The normalized spacial score (nSPS) is 17.5. The third-order valence-corrected chi connectivity index (χ3v) is 3.70. The van der Waals surface area contributed by atoms with E-state index < -0.39 is 11.9 Å². The van der Waals surface area contributed by atoms with Crippen LogP contribution in [0, 0.1) is 0 Å². The minimum atomic E-state index is -4.42. The van der Waals surface area contributed by atoms with Gasteiger partial charge in [-0.2, -0.15) is 13.2 Å². The first kappa shape index (κ1) is 16.6. The average Bonchev–Trinajstić information content (AvgIpc) is 2.48. The predicted octanol–water partition coefficient (Wildman–Crippen LogP) is 2.88. The summed E-state index contributed by atoms with van der Waals surface area (Å²) in [5.74, 6) is 0.360. The summed E-state index contributed by atoms with van der Waals surface area (Å²) >= 11 is 0. The Hall–Kier alpha value is -1.79. The Kier molecular flexibility index (Phi) is 5.63. The molecule has 0 unspecified atom stereocenters. The minimum Gasteiger partial charge on any atom is -0.370 e. The highest BCUT2D eigenvalue weighted by Crippen LogP contribution is 2.27. The van der Waals surface area contributed by atoms with Crippen LogP contribution in [0.1, 0.15) is 43.5 Å². The molecule has 1 heterocycles. The average molecular weight is 314 g/mol. The fourth-order valence-corrected chi connectivity index (χ4v) is 2.57. The molecular weight excluding hydrogens is 293 g/mol. The van der Waals surface area contributed by atoms with E-state index in [0.29, 0.717) is 30.7 Å². The highest BCUT2D eigenvalue weighted by atomic mass is 19.4. The molecular formula is C15H21F3N4. The first-order chi connectivity index (χ1) is 10.4. The Labute approximate surface area is 128 Å². The van der Waals surface area contributed by atoms with Crippen LogP contribution in [0.2, 0.25) is 0 Å². The topological polar surface area (TPSA) is 63.3 Å². The molecule has 0 atom stereocenters. The largest absolute Gasteiger partial charge is 0.433 e. The molecule has 1 aromatic rings. The fraction of sp³-hybridized carbons (Fsp3) is 0.600. The number of rotatable bonds is 4. The number of alkyl halides is 3. The van der Waals surface area contributed by atoms with E-state index in [1.807, 2.05) is 0 Å². The Morgan fingerprint density at radius 2 is 2.00 bits per heavy atom. The summed E-state index contributed by atoms with van der Waals surface area (Å²) in [6.07, 6.45) is 1.74. The van der Waals surface area contributed by atoms with Crippen LogP contribution < -0.4 is 11.1 Å². The first-order valence-corrected chi connectivity index (χ1v) is 7.55. The second-order valence-corrected chi connectivity index (χ2v) is 5.51. The number of hydrogen-bond acceptors (Lipinski definition) is 2. The van der Waals surface area contributed by atoms with Crippen LogP contribution in [-0.4, -0.2) is 23.5 Å². The van der Waals surface area contributed by atoms with E-state index in [1.165, 1.54) is 25.3 Å². The SMILES string of the molecule is NC(=NCCc1cccc(C(F)(F)F)n1)NC1CCCCC1. The van der Waals surface area contributed by atoms with Crippen molar-refractivity contribution < 1.29 is 13.2 Å². The second-order valence-electron chi connectivity index (χ2n) is 5.51. The molecule has 1 aromatic heterocycles. The summed E-state index contributed by atoms with van der Waals surface area (Å²) in [7, 11) is 0. The Bertz CT molecular complexity index is 508. The lowest BCUT2D eigenvalue weighted by Gasteiger charge is -2.23. The summed E-state index contributed by atoms with van der Waals surface area (Å²) in [6, 6.07) is 4.25. The monoisotopic (exact) mass is 314 g/mol. The number of halogens is 3. The zero-order valence-electron chi connectivity index (χ0n) is 12.4. The molecule has 0 spiro atoms. The third-order valence-electron chi connectivity index (χ3n) is 3.70. The van der Waals surface area contributed by atoms with E-state index in [4.69, 9.17) is 5.73 Å². The highest BCUT2D eigenvalue weighted by Gasteiger charge is 2.32. The van der Waals surface area contributed by atoms with E-state index in [1.54, 1.807) is 6.07 Å². The van der Waals surface area contributed by atoms with Crippen LogP contribution in [0.3, 0.4) is 0 Å². The van der Waals surface area contributed by atoms with Crippen molar-refractivity contribution in [3.05, 3.63) is 29.6 Å². The number of hydrogen-bond donors (Lipinski definition) is 2. The van der Waals surface area contributed by atoms with Gasteiger partial charge in [0, 0.05) is 24.7 Å². The summed E-state index contributed by atoms with van der Waals surface area (Å²) in [5, 5.41) is 3.17. The van der Waals surface area contributed by atoms with Gasteiger partial charge in [-0.05, 0) is 25.0 Å². The quantitative estimate of drug-likeness (QED) is 0.663. The van der Waals surface area contributed by atoms with Crippen molar-refractivity contribution in [2.24, 2.45) is 10.7 Å². The summed E-state index contributed by atoms with van der Waals surface area (Å²) < 4.78 is 37.7. The van der Waals surface area contributed by atoms with Crippen LogP contribution in [-0.2, 0) is 12.6 Å². The van der Waals surface area contributed by atoms with Gasteiger partial charge in [-0.1, -0.05) is 25.3 Å². The number of nitrogens with two attached hydrogens (primary N) is 1.